The van der Waals surface area contributed by atoms with E-state index in [1.54, 1.807) is 0 Å². The lowest BCUT2D eigenvalue weighted by atomic mass is 10.2. The second-order valence-corrected chi connectivity index (χ2v) is 3.48. The van der Waals surface area contributed by atoms with E-state index in [0.29, 0.717) is 5.69 Å². The number of carboxylic acids is 1. The first-order chi connectivity index (χ1) is 8.95. The third kappa shape index (κ3) is 3.91. The van der Waals surface area contributed by atoms with Gasteiger partial charge >= 0.3 is 11.9 Å². The van der Waals surface area contributed by atoms with Crippen LogP contribution in [-0.2, 0) is 9.53 Å². The normalized spacial score (nSPS) is 12.1. The van der Waals surface area contributed by atoms with Gasteiger partial charge in [-0.2, -0.15) is 5.11 Å². The van der Waals surface area contributed by atoms with Gasteiger partial charge in [0.25, 0.3) is 0 Å². The summed E-state index contributed by atoms with van der Waals surface area (Å²) in [6.45, 7) is 1.28. The van der Waals surface area contributed by atoms with E-state index in [0.717, 1.165) is 7.11 Å². The molecule has 0 amide bonds. The first-order valence-electron chi connectivity index (χ1n) is 5.19. The molecule has 0 unspecified atom stereocenters. The van der Waals surface area contributed by atoms with E-state index in [1.165, 1.54) is 31.2 Å². The highest BCUT2D eigenvalue weighted by atomic mass is 16.5. The van der Waals surface area contributed by atoms with E-state index < -0.39 is 11.9 Å². The Morgan fingerprint density at radius 3 is 2.16 bits per heavy atom. The summed E-state index contributed by atoms with van der Waals surface area (Å²) in [6.07, 6.45) is 0. The van der Waals surface area contributed by atoms with Crippen molar-refractivity contribution in [2.45, 2.75) is 6.92 Å². The van der Waals surface area contributed by atoms with Crippen molar-refractivity contribution in [3.05, 3.63) is 41.3 Å². The van der Waals surface area contributed by atoms with Crippen molar-refractivity contribution in [2.24, 2.45) is 10.2 Å². The van der Waals surface area contributed by atoms with E-state index in [-0.39, 0.29) is 17.0 Å². The molecule has 0 saturated carbocycles. The van der Waals surface area contributed by atoms with Gasteiger partial charge < -0.3 is 14.9 Å². The maximum atomic E-state index is 11.2. The maximum Gasteiger partial charge on any atom is 0.362 e. The van der Waals surface area contributed by atoms with Gasteiger partial charge in [-0.25, -0.2) is 9.59 Å². The summed E-state index contributed by atoms with van der Waals surface area (Å²) in [5.41, 5.74) is 0.137. The van der Waals surface area contributed by atoms with Crippen LogP contribution < -0.4 is 0 Å². The van der Waals surface area contributed by atoms with Crippen LogP contribution in [0.3, 0.4) is 0 Å². The number of hydrogen-bond acceptors (Lipinski definition) is 6. The largest absolute Gasteiger partial charge is 0.510 e. The number of aliphatic hydroxyl groups excluding tert-OH is 1. The molecule has 19 heavy (non-hydrogen) atoms. The molecule has 2 N–H and O–H groups in total. The molecule has 0 fully saturated rings. The van der Waals surface area contributed by atoms with Gasteiger partial charge in [0.2, 0.25) is 5.70 Å². The van der Waals surface area contributed by atoms with E-state index >= 15 is 0 Å². The zero-order chi connectivity index (χ0) is 14.4. The van der Waals surface area contributed by atoms with Gasteiger partial charge in [0.05, 0.1) is 18.4 Å². The summed E-state index contributed by atoms with van der Waals surface area (Å²) in [4.78, 5) is 21.9. The highest BCUT2D eigenvalue weighted by molar-refractivity contribution is 5.88. The molecule has 7 nitrogen and oxygen atoms in total. The summed E-state index contributed by atoms with van der Waals surface area (Å²) in [6, 6.07) is 5.55. The third-order valence-corrected chi connectivity index (χ3v) is 2.10. The minimum absolute atomic E-state index is 0.112. The van der Waals surface area contributed by atoms with Gasteiger partial charge in [-0.15, -0.1) is 5.11 Å². The number of benzene rings is 1. The molecule has 0 aliphatic heterocycles. The van der Waals surface area contributed by atoms with Crippen LogP contribution in [0, 0.1) is 0 Å². The van der Waals surface area contributed by atoms with Gasteiger partial charge in [0.1, 0.15) is 5.76 Å². The fourth-order valence-corrected chi connectivity index (χ4v) is 1.14. The number of allylic oxidation sites excluding steroid dienone is 1. The number of carboxylic acid groups (broad SMARTS) is 1. The van der Waals surface area contributed by atoms with Gasteiger partial charge in [0.15, 0.2) is 0 Å². The van der Waals surface area contributed by atoms with E-state index in [4.69, 9.17) is 5.11 Å². The molecule has 1 rings (SSSR count). The highest BCUT2D eigenvalue weighted by Gasteiger charge is 2.12. The van der Waals surface area contributed by atoms with Crippen LogP contribution in [0.15, 0.2) is 46.0 Å². The second kappa shape index (κ2) is 6.29. The van der Waals surface area contributed by atoms with Crippen molar-refractivity contribution >= 4 is 17.6 Å². The van der Waals surface area contributed by atoms with Gasteiger partial charge in [0, 0.05) is 0 Å². The Labute approximate surface area is 108 Å². The third-order valence-electron chi connectivity index (χ3n) is 2.10. The number of carbonyl (C=O) groups is 2. The van der Waals surface area contributed by atoms with Crippen LogP contribution in [0.4, 0.5) is 5.69 Å². The molecule has 0 aliphatic carbocycles. The number of esters is 1. The van der Waals surface area contributed by atoms with Crippen LogP contribution in [-0.4, -0.2) is 29.3 Å². The first kappa shape index (κ1) is 14.4. The molecule has 0 saturated heterocycles. The van der Waals surface area contributed by atoms with Crippen LogP contribution in [0.1, 0.15) is 17.3 Å². The molecule has 1 aromatic carbocycles. The molecule has 0 spiro atoms. The monoisotopic (exact) mass is 264 g/mol. The lowest BCUT2D eigenvalue weighted by molar-refractivity contribution is -0.136. The number of nitrogens with zero attached hydrogens (tertiary/aromatic N) is 2. The highest BCUT2D eigenvalue weighted by Crippen LogP contribution is 2.16. The number of carbonyl (C=O) groups excluding carboxylic acids is 1. The standard InChI is InChI=1S/C12H12N2O5/c1-7(15)10(12(18)19-2)14-13-9-5-3-8(4-6-9)11(16)17/h3-6,15H,1-2H3,(H,16,17). The number of aliphatic hydroxyl groups is 1. The average molecular weight is 264 g/mol. The maximum absolute atomic E-state index is 11.2. The molecule has 0 radical (unpaired) electrons. The predicted molar refractivity (Wildman–Crippen MR) is 65.3 cm³/mol. The summed E-state index contributed by atoms with van der Waals surface area (Å²) >= 11 is 0. The number of azo groups is 1. The SMILES string of the molecule is COC(=O)C(N=Nc1ccc(C(=O)O)cc1)=C(C)O. The molecule has 7 heteroatoms. The van der Waals surface area contributed by atoms with Crippen molar-refractivity contribution < 1.29 is 24.5 Å². The number of aromatic carboxylic acids is 1. The topological polar surface area (TPSA) is 109 Å². The fourth-order valence-electron chi connectivity index (χ4n) is 1.14. The minimum atomic E-state index is -1.05. The minimum Gasteiger partial charge on any atom is -0.510 e. The van der Waals surface area contributed by atoms with Crippen LogP contribution >= 0.6 is 0 Å². The Morgan fingerprint density at radius 2 is 1.74 bits per heavy atom. The average Bonchev–Trinajstić information content (AvgIpc) is 2.38. The summed E-state index contributed by atoms with van der Waals surface area (Å²) in [5, 5.41) is 25.3. The van der Waals surface area contributed by atoms with Crippen molar-refractivity contribution in [2.75, 3.05) is 7.11 Å². The fraction of sp³-hybridized carbons (Fsp3) is 0.167. The lowest BCUT2D eigenvalue weighted by Crippen LogP contribution is -2.04. The summed E-state index contributed by atoms with van der Waals surface area (Å²) in [7, 11) is 1.16. The number of hydrogen-bond donors (Lipinski definition) is 2. The Bertz CT molecular complexity index is 542. The summed E-state index contributed by atoms with van der Waals surface area (Å²) < 4.78 is 4.42. The molecular weight excluding hydrogens is 252 g/mol. The molecule has 0 atom stereocenters. The Hall–Kier alpha value is -2.70. The van der Waals surface area contributed by atoms with Gasteiger partial charge in [-0.3, -0.25) is 0 Å². The molecular formula is C12H12N2O5. The zero-order valence-electron chi connectivity index (χ0n) is 10.3. The van der Waals surface area contributed by atoms with Gasteiger partial charge in [-0.05, 0) is 31.2 Å². The number of ether oxygens (including phenoxy) is 1. The number of methoxy groups -OCH3 is 1. The van der Waals surface area contributed by atoms with Crippen LogP contribution in [0.25, 0.3) is 0 Å². The van der Waals surface area contributed by atoms with Crippen molar-refractivity contribution in [1.82, 2.24) is 0 Å². The van der Waals surface area contributed by atoms with Crippen LogP contribution in [0.5, 0.6) is 0 Å². The second-order valence-electron chi connectivity index (χ2n) is 3.48. The van der Waals surface area contributed by atoms with E-state index in [9.17, 15) is 14.7 Å². The molecule has 0 aliphatic rings. The lowest BCUT2D eigenvalue weighted by Gasteiger charge is -1.99. The Balaban J connectivity index is 2.94. The molecule has 0 aromatic heterocycles. The smallest absolute Gasteiger partial charge is 0.362 e. The Morgan fingerprint density at radius 1 is 1.16 bits per heavy atom. The molecule has 0 bridgehead atoms. The van der Waals surface area contributed by atoms with Crippen molar-refractivity contribution in [3.8, 4) is 0 Å². The molecule has 100 valence electrons. The van der Waals surface area contributed by atoms with Crippen molar-refractivity contribution in [3.63, 3.8) is 0 Å². The van der Waals surface area contributed by atoms with Gasteiger partial charge in [-0.1, -0.05) is 0 Å². The quantitative estimate of drug-likeness (QED) is 0.375. The van der Waals surface area contributed by atoms with Crippen LogP contribution in [0.2, 0.25) is 0 Å². The zero-order valence-corrected chi connectivity index (χ0v) is 10.3. The first-order valence-corrected chi connectivity index (χ1v) is 5.19. The predicted octanol–water partition coefficient (Wildman–Crippen LogP) is 2.43. The summed E-state index contributed by atoms with van der Waals surface area (Å²) in [5.74, 6) is -2.19. The van der Waals surface area contributed by atoms with E-state index in [1.807, 2.05) is 0 Å². The molecule has 1 aromatic rings. The Kier molecular flexibility index (Phi) is 4.76. The van der Waals surface area contributed by atoms with Crippen molar-refractivity contribution in [1.29, 1.82) is 0 Å². The number of rotatable bonds is 4. The molecule has 0 heterocycles. The van der Waals surface area contributed by atoms with E-state index in [2.05, 4.69) is 15.0 Å².